The molecule has 0 aliphatic heterocycles. The van der Waals surface area contributed by atoms with Gasteiger partial charge < -0.3 is 14.8 Å². The molecular weight excluding hydrogens is 210 g/mol. The van der Waals surface area contributed by atoms with Crippen LogP contribution in [0.15, 0.2) is 24.4 Å². The summed E-state index contributed by atoms with van der Waals surface area (Å²) in [4.78, 5) is 25.5. The van der Waals surface area contributed by atoms with Crippen LogP contribution in [0.5, 0.6) is 5.75 Å². The standard InChI is InChI=1S/C11H9NO4/c1-16-11(15)10(14)8-5-12-9-3-2-6(13)4-7(8)9/h2-5,12-13H,1H3. The number of methoxy groups -OCH3 is 1. The highest BCUT2D eigenvalue weighted by Crippen LogP contribution is 2.23. The number of phenols is 1. The molecule has 0 aliphatic carbocycles. The van der Waals surface area contributed by atoms with Crippen LogP contribution in [0.1, 0.15) is 10.4 Å². The zero-order valence-corrected chi connectivity index (χ0v) is 8.48. The van der Waals surface area contributed by atoms with Crippen LogP contribution >= 0.6 is 0 Å². The highest BCUT2D eigenvalue weighted by atomic mass is 16.5. The summed E-state index contributed by atoms with van der Waals surface area (Å²) in [5, 5.41) is 9.81. The minimum absolute atomic E-state index is 0.0333. The van der Waals surface area contributed by atoms with E-state index >= 15 is 0 Å². The van der Waals surface area contributed by atoms with Gasteiger partial charge in [0.15, 0.2) is 0 Å². The Morgan fingerprint density at radius 3 is 2.81 bits per heavy atom. The van der Waals surface area contributed by atoms with Crippen LogP contribution in [-0.2, 0) is 9.53 Å². The third-order valence-corrected chi connectivity index (χ3v) is 2.28. The molecule has 0 saturated heterocycles. The van der Waals surface area contributed by atoms with E-state index in [1.807, 2.05) is 0 Å². The minimum atomic E-state index is -0.927. The molecule has 82 valence electrons. The number of hydrogen-bond acceptors (Lipinski definition) is 4. The average Bonchev–Trinajstić information content (AvgIpc) is 2.69. The zero-order valence-electron chi connectivity index (χ0n) is 8.48. The molecule has 1 aromatic carbocycles. The van der Waals surface area contributed by atoms with Crippen molar-refractivity contribution < 1.29 is 19.4 Å². The highest BCUT2D eigenvalue weighted by molar-refractivity contribution is 6.42. The lowest BCUT2D eigenvalue weighted by molar-refractivity contribution is -0.135. The van der Waals surface area contributed by atoms with Gasteiger partial charge in [0.1, 0.15) is 5.75 Å². The molecule has 0 saturated carbocycles. The number of aromatic amines is 1. The lowest BCUT2D eigenvalue weighted by Gasteiger charge is -1.97. The maximum Gasteiger partial charge on any atom is 0.379 e. The van der Waals surface area contributed by atoms with Gasteiger partial charge in [-0.1, -0.05) is 0 Å². The number of aromatic hydroxyl groups is 1. The van der Waals surface area contributed by atoms with Crippen LogP contribution in [0.3, 0.4) is 0 Å². The van der Waals surface area contributed by atoms with Gasteiger partial charge in [0.05, 0.1) is 12.7 Å². The second-order valence-electron chi connectivity index (χ2n) is 3.25. The molecule has 2 N–H and O–H groups in total. The topological polar surface area (TPSA) is 79.4 Å². The number of Topliss-reactive ketones (excluding diaryl/α,β-unsaturated/α-hetero) is 1. The molecule has 0 amide bonds. The van der Waals surface area contributed by atoms with Crippen LogP contribution < -0.4 is 0 Å². The molecule has 1 heterocycles. The first-order valence-corrected chi connectivity index (χ1v) is 4.56. The number of ether oxygens (including phenoxy) is 1. The quantitative estimate of drug-likeness (QED) is 0.452. The third kappa shape index (κ3) is 1.52. The lowest BCUT2D eigenvalue weighted by atomic mass is 10.1. The van der Waals surface area contributed by atoms with Crippen molar-refractivity contribution in [2.24, 2.45) is 0 Å². The van der Waals surface area contributed by atoms with Crippen molar-refractivity contribution in [3.63, 3.8) is 0 Å². The molecular formula is C11H9NO4. The predicted octanol–water partition coefficient (Wildman–Crippen LogP) is 1.23. The van der Waals surface area contributed by atoms with Gasteiger partial charge in [-0.05, 0) is 18.2 Å². The van der Waals surface area contributed by atoms with Crippen molar-refractivity contribution >= 4 is 22.7 Å². The summed E-state index contributed by atoms with van der Waals surface area (Å²) in [5.74, 6) is -1.63. The molecule has 0 fully saturated rings. The molecule has 0 unspecified atom stereocenters. The molecule has 0 aliphatic rings. The Labute approximate surface area is 90.6 Å². The van der Waals surface area contributed by atoms with Crippen molar-refractivity contribution in [2.75, 3.05) is 7.11 Å². The number of hydrogen-bond donors (Lipinski definition) is 2. The van der Waals surface area contributed by atoms with Gasteiger partial charge in [-0.15, -0.1) is 0 Å². The molecule has 2 aromatic rings. The van der Waals surface area contributed by atoms with E-state index in [2.05, 4.69) is 9.72 Å². The van der Waals surface area contributed by atoms with Crippen molar-refractivity contribution in [1.29, 1.82) is 0 Å². The van der Waals surface area contributed by atoms with E-state index in [1.165, 1.54) is 18.3 Å². The van der Waals surface area contributed by atoms with Gasteiger partial charge in [0.2, 0.25) is 0 Å². The first kappa shape index (κ1) is 10.2. The zero-order chi connectivity index (χ0) is 11.7. The summed E-state index contributed by atoms with van der Waals surface area (Å²) < 4.78 is 4.35. The normalized spacial score (nSPS) is 10.3. The number of carbonyl (C=O) groups is 2. The van der Waals surface area contributed by atoms with E-state index < -0.39 is 11.8 Å². The third-order valence-electron chi connectivity index (χ3n) is 2.28. The Bertz CT molecular complexity index is 570. The number of H-pyrrole nitrogens is 1. The van der Waals surface area contributed by atoms with Crippen LogP contribution in [0.25, 0.3) is 10.9 Å². The van der Waals surface area contributed by atoms with E-state index in [1.54, 1.807) is 6.07 Å². The fourth-order valence-corrected chi connectivity index (χ4v) is 1.50. The Kier molecular flexibility index (Phi) is 2.36. The van der Waals surface area contributed by atoms with Gasteiger partial charge in [-0.2, -0.15) is 0 Å². The van der Waals surface area contributed by atoms with E-state index in [-0.39, 0.29) is 11.3 Å². The van der Waals surface area contributed by atoms with Gasteiger partial charge in [-0.25, -0.2) is 4.79 Å². The molecule has 1 aromatic heterocycles. The number of phenolic OH excluding ortho intramolecular Hbond substituents is 1. The van der Waals surface area contributed by atoms with Crippen molar-refractivity contribution in [3.05, 3.63) is 30.0 Å². The van der Waals surface area contributed by atoms with Crippen molar-refractivity contribution in [1.82, 2.24) is 4.98 Å². The molecule has 5 nitrogen and oxygen atoms in total. The largest absolute Gasteiger partial charge is 0.508 e. The van der Waals surface area contributed by atoms with E-state index in [4.69, 9.17) is 0 Å². The monoisotopic (exact) mass is 219 g/mol. The summed E-state index contributed by atoms with van der Waals surface area (Å²) in [6, 6.07) is 4.53. The summed E-state index contributed by atoms with van der Waals surface area (Å²) in [6.07, 6.45) is 1.42. The van der Waals surface area contributed by atoms with E-state index in [0.29, 0.717) is 10.9 Å². The lowest BCUT2D eigenvalue weighted by Crippen LogP contribution is -2.15. The van der Waals surface area contributed by atoms with Gasteiger partial charge >= 0.3 is 5.97 Å². The summed E-state index contributed by atoms with van der Waals surface area (Å²) in [7, 11) is 1.15. The van der Waals surface area contributed by atoms with Crippen LogP contribution in [0, 0.1) is 0 Å². The Morgan fingerprint density at radius 2 is 2.12 bits per heavy atom. The number of esters is 1. The fraction of sp³-hybridized carbons (Fsp3) is 0.0909. The first-order chi connectivity index (χ1) is 7.63. The Hall–Kier alpha value is -2.30. The molecule has 0 spiro atoms. The van der Waals surface area contributed by atoms with E-state index in [9.17, 15) is 14.7 Å². The Balaban J connectivity index is 2.57. The Morgan fingerprint density at radius 1 is 1.38 bits per heavy atom. The number of nitrogens with one attached hydrogen (secondary N) is 1. The van der Waals surface area contributed by atoms with Crippen molar-refractivity contribution in [3.8, 4) is 5.75 Å². The average molecular weight is 219 g/mol. The van der Waals surface area contributed by atoms with Gasteiger partial charge in [0, 0.05) is 17.1 Å². The van der Waals surface area contributed by atoms with Crippen molar-refractivity contribution in [2.45, 2.75) is 0 Å². The summed E-state index contributed by atoms with van der Waals surface area (Å²) >= 11 is 0. The number of rotatable bonds is 2. The first-order valence-electron chi connectivity index (χ1n) is 4.56. The van der Waals surface area contributed by atoms with Gasteiger partial charge in [0.25, 0.3) is 5.78 Å². The second-order valence-corrected chi connectivity index (χ2v) is 3.25. The van der Waals surface area contributed by atoms with Crippen LogP contribution in [0.2, 0.25) is 0 Å². The van der Waals surface area contributed by atoms with Crippen LogP contribution in [-0.4, -0.2) is 29.0 Å². The molecule has 0 atom stereocenters. The maximum atomic E-state index is 11.6. The molecule has 16 heavy (non-hydrogen) atoms. The number of aromatic nitrogens is 1. The minimum Gasteiger partial charge on any atom is -0.508 e. The predicted molar refractivity (Wildman–Crippen MR) is 56.3 cm³/mol. The SMILES string of the molecule is COC(=O)C(=O)c1c[nH]c2ccc(O)cc12. The molecule has 2 rings (SSSR count). The highest BCUT2D eigenvalue weighted by Gasteiger charge is 2.20. The molecule has 0 bridgehead atoms. The van der Waals surface area contributed by atoms with Gasteiger partial charge in [-0.3, -0.25) is 4.79 Å². The molecule has 5 heteroatoms. The number of fused-ring (bicyclic) bond motifs is 1. The maximum absolute atomic E-state index is 11.6. The summed E-state index contributed by atoms with van der Waals surface area (Å²) in [6.45, 7) is 0. The van der Waals surface area contributed by atoms with E-state index in [0.717, 1.165) is 7.11 Å². The number of benzene rings is 1. The molecule has 0 radical (unpaired) electrons. The summed E-state index contributed by atoms with van der Waals surface area (Å²) in [5.41, 5.74) is 0.864. The fourth-order valence-electron chi connectivity index (χ4n) is 1.50. The van der Waals surface area contributed by atoms with Crippen LogP contribution in [0.4, 0.5) is 0 Å². The second kappa shape index (κ2) is 3.69. The number of ketones is 1. The number of carbonyl (C=O) groups excluding carboxylic acids is 2. The smallest absolute Gasteiger partial charge is 0.379 e.